The van der Waals surface area contributed by atoms with Gasteiger partial charge in [0.1, 0.15) is 17.5 Å². The molecule has 0 spiro atoms. The first-order chi connectivity index (χ1) is 13.5. The maximum atomic E-state index is 12.8. The third-order valence-electron chi connectivity index (χ3n) is 4.19. The molecule has 0 bridgehead atoms. The van der Waals surface area contributed by atoms with Gasteiger partial charge in [-0.1, -0.05) is 0 Å². The van der Waals surface area contributed by atoms with Gasteiger partial charge >= 0.3 is 0 Å². The highest BCUT2D eigenvalue weighted by molar-refractivity contribution is 5.95. The first-order valence-electron chi connectivity index (χ1n) is 8.56. The Morgan fingerprint density at radius 2 is 1.96 bits per heavy atom. The molecule has 8 nitrogen and oxygen atoms in total. The van der Waals surface area contributed by atoms with Crippen molar-refractivity contribution < 1.29 is 14.3 Å². The minimum atomic E-state index is -0.847. The maximum Gasteiger partial charge on any atom is 0.267 e. The number of ether oxygens (including phenoxy) is 2. The van der Waals surface area contributed by atoms with Crippen molar-refractivity contribution >= 4 is 11.6 Å². The Labute approximate surface area is 161 Å². The van der Waals surface area contributed by atoms with Gasteiger partial charge in [-0.2, -0.15) is 5.10 Å². The van der Waals surface area contributed by atoms with Crippen LogP contribution in [0.5, 0.6) is 11.5 Å². The van der Waals surface area contributed by atoms with Gasteiger partial charge in [0.15, 0.2) is 0 Å². The molecule has 1 aromatic carbocycles. The summed E-state index contributed by atoms with van der Waals surface area (Å²) in [6.07, 6.45) is 3.29. The fourth-order valence-corrected chi connectivity index (χ4v) is 2.63. The Morgan fingerprint density at radius 3 is 2.64 bits per heavy atom. The molecule has 2 aromatic heterocycles. The van der Waals surface area contributed by atoms with Crippen LogP contribution in [0.15, 0.2) is 59.7 Å². The molecule has 3 rings (SSSR count). The number of pyridine rings is 1. The zero-order valence-corrected chi connectivity index (χ0v) is 15.7. The molecule has 0 aliphatic carbocycles. The van der Waals surface area contributed by atoms with Crippen LogP contribution in [0, 0.1) is 0 Å². The zero-order chi connectivity index (χ0) is 20.1. The quantitative estimate of drug-likeness (QED) is 0.706. The molecule has 0 saturated heterocycles. The van der Waals surface area contributed by atoms with E-state index in [-0.39, 0.29) is 5.56 Å². The average molecular weight is 380 g/mol. The SMILES string of the molecule is COc1ccc(OC)c(NC(=O)C(C)n2nc(-c3cccnc3)ccc2=O)c1. The molecule has 1 unspecified atom stereocenters. The Hall–Kier alpha value is -3.68. The van der Waals surface area contributed by atoms with Crippen LogP contribution in [0.4, 0.5) is 5.69 Å². The number of methoxy groups -OCH3 is 2. The second kappa shape index (κ2) is 8.34. The average Bonchev–Trinajstić information content (AvgIpc) is 2.74. The van der Waals surface area contributed by atoms with Crippen molar-refractivity contribution in [3.63, 3.8) is 0 Å². The summed E-state index contributed by atoms with van der Waals surface area (Å²) >= 11 is 0. The summed E-state index contributed by atoms with van der Waals surface area (Å²) in [5.74, 6) is 0.632. The maximum absolute atomic E-state index is 12.8. The van der Waals surface area contributed by atoms with Crippen molar-refractivity contribution in [2.45, 2.75) is 13.0 Å². The van der Waals surface area contributed by atoms with Gasteiger partial charge in [-0.05, 0) is 37.3 Å². The zero-order valence-electron chi connectivity index (χ0n) is 15.7. The van der Waals surface area contributed by atoms with Crippen LogP contribution in [0.2, 0.25) is 0 Å². The number of benzene rings is 1. The van der Waals surface area contributed by atoms with E-state index in [1.807, 2.05) is 6.07 Å². The number of nitrogens with one attached hydrogen (secondary N) is 1. The molecule has 3 aromatic rings. The predicted molar refractivity (Wildman–Crippen MR) is 105 cm³/mol. The standard InChI is InChI=1S/C20H20N4O4/c1-13(20(26)22-17-11-15(27-2)6-8-18(17)28-3)24-19(25)9-7-16(23-24)14-5-4-10-21-12-14/h4-13H,1-3H3,(H,22,26). The third-order valence-corrected chi connectivity index (χ3v) is 4.19. The van der Waals surface area contributed by atoms with Crippen LogP contribution >= 0.6 is 0 Å². The molecule has 1 atom stereocenters. The molecular weight excluding hydrogens is 360 g/mol. The lowest BCUT2D eigenvalue weighted by atomic mass is 10.2. The van der Waals surface area contributed by atoms with E-state index in [4.69, 9.17) is 9.47 Å². The summed E-state index contributed by atoms with van der Waals surface area (Å²) in [6.45, 7) is 1.60. The van der Waals surface area contributed by atoms with Crippen molar-refractivity contribution in [1.29, 1.82) is 0 Å². The van der Waals surface area contributed by atoms with Crippen LogP contribution in [0.3, 0.4) is 0 Å². The van der Waals surface area contributed by atoms with Gasteiger partial charge in [0.05, 0.1) is 25.6 Å². The topological polar surface area (TPSA) is 95.3 Å². The molecule has 144 valence electrons. The van der Waals surface area contributed by atoms with E-state index in [1.165, 1.54) is 20.3 Å². The van der Waals surface area contributed by atoms with Crippen molar-refractivity contribution in [1.82, 2.24) is 14.8 Å². The lowest BCUT2D eigenvalue weighted by molar-refractivity contribution is -0.119. The van der Waals surface area contributed by atoms with Crippen LogP contribution < -0.4 is 20.3 Å². The smallest absolute Gasteiger partial charge is 0.267 e. The Balaban J connectivity index is 1.89. The molecule has 0 fully saturated rings. The van der Waals surface area contributed by atoms with E-state index in [1.54, 1.807) is 49.6 Å². The first-order valence-corrected chi connectivity index (χ1v) is 8.56. The van der Waals surface area contributed by atoms with Crippen molar-refractivity contribution in [2.75, 3.05) is 19.5 Å². The molecule has 0 aliphatic heterocycles. The fourth-order valence-electron chi connectivity index (χ4n) is 2.63. The van der Waals surface area contributed by atoms with Crippen molar-refractivity contribution in [3.05, 3.63) is 65.2 Å². The monoisotopic (exact) mass is 380 g/mol. The van der Waals surface area contributed by atoms with Crippen molar-refractivity contribution in [2.24, 2.45) is 0 Å². The minimum Gasteiger partial charge on any atom is -0.497 e. The summed E-state index contributed by atoms with van der Waals surface area (Å²) in [7, 11) is 3.04. The number of carbonyl (C=O) groups excluding carboxylic acids is 1. The number of hydrogen-bond donors (Lipinski definition) is 1. The van der Waals surface area contributed by atoms with Gasteiger partial charge in [-0.3, -0.25) is 14.6 Å². The van der Waals surface area contributed by atoms with Gasteiger partial charge in [0, 0.05) is 30.1 Å². The number of hydrogen-bond acceptors (Lipinski definition) is 6. The third kappa shape index (κ3) is 4.01. The van der Waals surface area contributed by atoms with E-state index in [0.717, 1.165) is 10.2 Å². The summed E-state index contributed by atoms with van der Waals surface area (Å²) in [5.41, 5.74) is 1.35. The van der Waals surface area contributed by atoms with E-state index < -0.39 is 11.9 Å². The van der Waals surface area contributed by atoms with E-state index in [0.29, 0.717) is 22.9 Å². The molecular formula is C20H20N4O4. The van der Waals surface area contributed by atoms with Crippen LogP contribution in [0.1, 0.15) is 13.0 Å². The second-order valence-electron chi connectivity index (χ2n) is 5.97. The Morgan fingerprint density at radius 1 is 1.14 bits per heavy atom. The minimum absolute atomic E-state index is 0.382. The van der Waals surface area contributed by atoms with Gasteiger partial charge in [0.25, 0.3) is 5.56 Å². The molecule has 0 aliphatic rings. The highest BCUT2D eigenvalue weighted by Gasteiger charge is 2.20. The second-order valence-corrected chi connectivity index (χ2v) is 5.97. The number of amides is 1. The summed E-state index contributed by atoms with van der Waals surface area (Å²) in [4.78, 5) is 29.1. The van der Waals surface area contributed by atoms with Gasteiger partial charge in [-0.25, -0.2) is 4.68 Å². The molecule has 0 radical (unpaired) electrons. The van der Waals surface area contributed by atoms with Crippen LogP contribution in [-0.4, -0.2) is 34.9 Å². The lowest BCUT2D eigenvalue weighted by Crippen LogP contribution is -2.33. The number of anilines is 1. The molecule has 1 amide bonds. The highest BCUT2D eigenvalue weighted by Crippen LogP contribution is 2.29. The molecule has 28 heavy (non-hydrogen) atoms. The first kappa shape index (κ1) is 19.1. The van der Waals surface area contributed by atoms with Crippen molar-refractivity contribution in [3.8, 4) is 22.8 Å². The number of aromatic nitrogens is 3. The molecule has 8 heteroatoms. The lowest BCUT2D eigenvalue weighted by Gasteiger charge is -2.17. The molecule has 0 saturated carbocycles. The Kier molecular flexibility index (Phi) is 5.69. The largest absolute Gasteiger partial charge is 0.497 e. The number of nitrogens with zero attached hydrogens (tertiary/aromatic N) is 3. The van der Waals surface area contributed by atoms with Crippen LogP contribution in [-0.2, 0) is 4.79 Å². The Bertz CT molecular complexity index is 1030. The van der Waals surface area contributed by atoms with E-state index >= 15 is 0 Å². The molecule has 2 heterocycles. The number of carbonyl (C=O) groups is 1. The van der Waals surface area contributed by atoms with Gasteiger partial charge in [0.2, 0.25) is 5.91 Å². The number of rotatable bonds is 6. The summed E-state index contributed by atoms with van der Waals surface area (Å²) in [5, 5.41) is 7.09. The van der Waals surface area contributed by atoms with E-state index in [2.05, 4.69) is 15.4 Å². The van der Waals surface area contributed by atoms with Gasteiger partial charge < -0.3 is 14.8 Å². The summed E-state index contributed by atoms with van der Waals surface area (Å²) in [6, 6.07) is 10.8. The normalized spacial score (nSPS) is 11.5. The van der Waals surface area contributed by atoms with Gasteiger partial charge in [-0.15, -0.1) is 0 Å². The summed E-state index contributed by atoms with van der Waals surface area (Å²) < 4.78 is 11.6. The highest BCUT2D eigenvalue weighted by atomic mass is 16.5. The van der Waals surface area contributed by atoms with Crippen LogP contribution in [0.25, 0.3) is 11.3 Å². The fraction of sp³-hybridized carbons (Fsp3) is 0.200. The van der Waals surface area contributed by atoms with E-state index in [9.17, 15) is 9.59 Å². The molecule has 1 N–H and O–H groups in total. The predicted octanol–water partition coefficient (Wildman–Crippen LogP) is 2.52.